The lowest BCUT2D eigenvalue weighted by atomic mass is 10.1. The van der Waals surface area contributed by atoms with Gasteiger partial charge in [-0.1, -0.05) is 70.6 Å². The number of ether oxygens (including phenoxy) is 6. The minimum absolute atomic E-state index is 0.116. The Kier molecular flexibility index (Phi) is 40.6. The number of allylic oxidation sites excluding steroid dienone is 4. The predicted molar refractivity (Wildman–Crippen MR) is 571 cm³/mol. The zero-order chi connectivity index (χ0) is 109. The SMILES string of the molecule is CCCCOc1cc(C(N)=O)cc(N)c1NC/C=C/CNc1c(N)cc(C(N)=O)cc1OC.CCn1nc(C)cc1C(=O)Nc1nc2cc(C(N)=O)cc(OC)c2n1C/C=C/Cn1c(NC(=O)c2cc(C)nn2CC)nc2cc(C(N)=O)cc(OCCCO)c21.CCn1nc(C)cc1C(=O)O.COc1cc(C(N)=O)cc2nc(N)n(C/C=C/Cn3c(N)nc4cc(C(N)=O)cc(OCCCO[Si](C)(C)C(C)(C)C)c43)c12.N#CBr. The summed E-state index contributed by atoms with van der Waals surface area (Å²) in [5.74, 6) is -2.33. The van der Waals surface area contributed by atoms with Gasteiger partial charge in [0.15, 0.2) is 8.32 Å². The highest BCUT2D eigenvalue weighted by Gasteiger charge is 2.37. The van der Waals surface area contributed by atoms with Gasteiger partial charge in [0, 0.05) is 134 Å². The van der Waals surface area contributed by atoms with E-state index in [1.807, 2.05) is 57.2 Å². The summed E-state index contributed by atoms with van der Waals surface area (Å²) in [6.45, 7) is 29.0. The van der Waals surface area contributed by atoms with Crippen molar-refractivity contribution in [1.82, 2.24) is 67.5 Å². The third-order valence-electron chi connectivity index (χ3n) is 23.2. The first-order valence-electron chi connectivity index (χ1n) is 46.9. The Bertz CT molecular complexity index is 7170. The summed E-state index contributed by atoms with van der Waals surface area (Å²) in [7, 11) is 2.56. The van der Waals surface area contributed by atoms with E-state index in [4.69, 9.17) is 101 Å². The maximum atomic E-state index is 13.6. The van der Waals surface area contributed by atoms with Crippen LogP contribution < -0.4 is 107 Å². The lowest BCUT2D eigenvalue weighted by molar-refractivity contribution is 0.0681. The minimum atomic E-state index is -1.87. The standard InChI is InChI=1S/C38H44N12O7.C30H42N8O5Si.C23H32N6O4.C7H10N2O2.CBrN/c1-6-49-27(15-21(3)45-49)35(54)43-37-41-25-17-23(33(39)52)19-29(56-5)31(25)47(37)11-8-9-12-48-32-26(18-24(34(40)53)20-30(32)57-14-10-13-51)42-38(48)44-36(55)28-16-22(4)46-50(28)7-2;1-30(2,3)44(5,6)43-13-9-12-42-23-17-19(27(32)40)15-21-25(23)38(29(34)36-21)11-8-7-10-37-24-20(35-28(37)33)14-18(26(31)39)16-22(24)41-4;1-3-4-9-33-19-13-15(23(27)31)11-17(25)21(19)29-8-6-5-7-28-20-16(24)10-14(22(26)30)12-18(20)32-2;1-3-9-6(7(10)11)4-5(2)8-9;2-1-3/h8-9,15-20,51H,6-7,10-14H2,1-5H3,(H2,39,52)(H2,40,53)(H,41,43,54)(H,42,44,55);7-8,14-17H,9-13H2,1-6H3,(H2,31,39)(H2,32,40)(H2,33,35)(H2,34,36);5-6,10-13,28-29H,3-4,7-9,24-25H2,1-2H3,(H2,26,30)(H2,27,31);4H,3H2,1-2H3,(H,10,11);/b9-8+;8-7+;6-5+;;. The molecule has 0 aliphatic heterocycles. The maximum absolute atomic E-state index is 13.6. The van der Waals surface area contributed by atoms with E-state index in [0.717, 1.165) is 18.5 Å². The van der Waals surface area contributed by atoms with E-state index < -0.39 is 61.5 Å². The Morgan fingerprint density at radius 2 is 0.743 bits per heavy atom. The van der Waals surface area contributed by atoms with E-state index in [1.165, 1.54) is 68.5 Å². The fourth-order valence-electron chi connectivity index (χ4n) is 15.0. The topological polar surface area (TPSA) is 716 Å². The smallest absolute Gasteiger partial charge is 0.354 e. The number of nitrogens with zero attached hydrogens (tertiary/aromatic N) is 15. The molecule has 26 N–H and O–H groups in total. The number of halogens is 1. The van der Waals surface area contributed by atoms with Crippen LogP contribution in [0.15, 0.2) is 127 Å². The number of aliphatic hydroxyl groups is 1. The fraction of sp³-hybridized carbons (Fsp3) is 0.343. The van der Waals surface area contributed by atoms with Gasteiger partial charge in [-0.2, -0.15) is 20.6 Å². The van der Waals surface area contributed by atoms with Crippen LogP contribution >= 0.6 is 15.9 Å². The van der Waals surface area contributed by atoms with E-state index in [2.05, 4.69) is 113 Å². The number of nitrogens with one attached hydrogen (secondary N) is 4. The summed E-state index contributed by atoms with van der Waals surface area (Å²) in [5.41, 5.74) is 67.9. The average molecular weight is 2120 g/mol. The quantitative estimate of drug-likeness (QED) is 0.00729. The second-order valence-corrected chi connectivity index (χ2v) is 39.8. The van der Waals surface area contributed by atoms with Gasteiger partial charge in [-0.15, -0.1) is 0 Å². The Balaban J connectivity index is 0.000000238. The highest BCUT2D eigenvalue weighted by molar-refractivity contribution is 9.12. The number of primary amides is 6. The molecular weight excluding hydrogens is 1990 g/mol. The van der Waals surface area contributed by atoms with Crippen LogP contribution in [0.5, 0.6) is 34.5 Å². The average Bonchev–Trinajstić information content (AvgIpc) is 1.62. The number of nitriles is 1. The van der Waals surface area contributed by atoms with Gasteiger partial charge < -0.3 is 129 Å². The third kappa shape index (κ3) is 29.0. The molecule has 0 bridgehead atoms. The van der Waals surface area contributed by atoms with Crippen LogP contribution in [0.2, 0.25) is 18.1 Å². The molecule has 0 saturated heterocycles. The second kappa shape index (κ2) is 52.5. The number of carboxylic acids is 1. The molecule has 148 heavy (non-hydrogen) atoms. The number of unbranched alkanes of at least 4 members (excludes halogenated alkanes) is 1. The van der Waals surface area contributed by atoms with Crippen LogP contribution in [-0.4, -0.2) is 207 Å². The first-order valence-corrected chi connectivity index (χ1v) is 50.6. The molecule has 0 fully saturated rings. The number of aromatic carboxylic acids is 1. The number of methoxy groups -OCH3 is 3. The van der Waals surface area contributed by atoms with Gasteiger partial charge in [0.05, 0.1) is 91.7 Å². The number of aryl methyl sites for hydroxylation is 6. The molecule has 0 aliphatic carbocycles. The van der Waals surface area contributed by atoms with Gasteiger partial charge in [-0.25, -0.2) is 24.7 Å². The number of imidazole rings is 4. The number of hydrogen-bond donors (Lipinski definition) is 16. The van der Waals surface area contributed by atoms with Gasteiger partial charge in [0.1, 0.15) is 90.0 Å². The summed E-state index contributed by atoms with van der Waals surface area (Å²) in [5, 5.41) is 50.3. The molecule has 47 nitrogen and oxygen atoms in total. The highest BCUT2D eigenvalue weighted by atomic mass is 79.9. The van der Waals surface area contributed by atoms with E-state index in [-0.39, 0.29) is 100.0 Å². The van der Waals surface area contributed by atoms with Gasteiger partial charge >= 0.3 is 5.97 Å². The van der Waals surface area contributed by atoms with Gasteiger partial charge in [-0.05, 0) is 157 Å². The molecular formula is C99H128BrN29O18Si. The lowest BCUT2D eigenvalue weighted by Crippen LogP contribution is -2.41. The van der Waals surface area contributed by atoms with E-state index in [0.29, 0.717) is 197 Å². The lowest BCUT2D eigenvalue weighted by Gasteiger charge is -2.36. The molecule has 7 aromatic heterocycles. The molecule has 13 rings (SSSR count). The van der Waals surface area contributed by atoms with Crippen molar-refractivity contribution in [3.05, 3.63) is 195 Å². The number of anilines is 8. The number of fused-ring (bicyclic) bond motifs is 4. The molecule has 49 heteroatoms. The number of nitrogen functional groups attached to an aromatic ring is 4. The maximum Gasteiger partial charge on any atom is 0.354 e. The van der Waals surface area contributed by atoms with Gasteiger partial charge in [0.2, 0.25) is 59.2 Å². The van der Waals surface area contributed by atoms with Crippen LogP contribution in [-0.2, 0) is 50.2 Å². The minimum Gasteiger partial charge on any atom is -0.494 e. The van der Waals surface area contributed by atoms with Crippen molar-refractivity contribution < 1.29 is 86.2 Å². The number of hydrogen-bond acceptors (Lipinski definition) is 31. The number of amides is 8. The third-order valence-corrected chi connectivity index (χ3v) is 27.8. The van der Waals surface area contributed by atoms with E-state index in [1.54, 1.807) is 102 Å². The molecule has 0 atom stereocenters. The number of carbonyl (C=O) groups excluding carboxylic acids is 8. The number of aliphatic hydroxyl groups excluding tert-OH is 1. The van der Waals surface area contributed by atoms with Crippen molar-refractivity contribution in [2.75, 3.05) is 112 Å². The number of carboxylic acid groups (broad SMARTS) is 1. The zero-order valence-corrected chi connectivity index (χ0v) is 87.7. The van der Waals surface area contributed by atoms with Crippen LogP contribution in [0.25, 0.3) is 44.1 Å². The predicted octanol–water partition coefficient (Wildman–Crippen LogP) is 11.1. The van der Waals surface area contributed by atoms with Gasteiger partial charge in [-0.3, -0.25) is 63.0 Å². The van der Waals surface area contributed by atoms with Crippen LogP contribution in [0, 0.1) is 31.0 Å². The Hall–Kier alpha value is -17.0. The number of carbonyl (C=O) groups is 9. The van der Waals surface area contributed by atoms with Crippen molar-refractivity contribution in [1.29, 1.82) is 5.26 Å². The Labute approximate surface area is 861 Å². The number of nitrogens with two attached hydrogens (primary N) is 10. The monoisotopic (exact) mass is 2120 g/mol. The summed E-state index contributed by atoms with van der Waals surface area (Å²) in [6, 6.07) is 23.4. The molecule has 0 saturated carbocycles. The Morgan fingerprint density at radius 1 is 0.432 bits per heavy atom. The Morgan fingerprint density at radius 3 is 1.10 bits per heavy atom. The molecule has 7 heterocycles. The van der Waals surface area contributed by atoms with Gasteiger partial charge in [0.25, 0.3) is 11.8 Å². The summed E-state index contributed by atoms with van der Waals surface area (Å²) in [4.78, 5) is 129. The molecule has 0 spiro atoms. The molecule has 13 aromatic rings. The molecule has 0 unspecified atom stereocenters. The number of benzene rings is 6. The van der Waals surface area contributed by atoms with Crippen LogP contribution in [0.4, 0.5) is 46.5 Å². The molecule has 0 aliphatic rings. The van der Waals surface area contributed by atoms with Crippen LogP contribution in [0.1, 0.15) is 185 Å². The summed E-state index contributed by atoms with van der Waals surface area (Å²) >= 11 is 2.45. The zero-order valence-electron chi connectivity index (χ0n) is 85.1. The van der Waals surface area contributed by atoms with Crippen molar-refractivity contribution in [2.24, 2.45) is 34.4 Å². The molecule has 788 valence electrons. The normalized spacial score (nSPS) is 11.3. The number of rotatable bonds is 45. The number of aromatic nitrogens is 14. The first-order chi connectivity index (χ1) is 70.3. The first kappa shape index (κ1) is 115. The molecule has 8 amide bonds. The van der Waals surface area contributed by atoms with Crippen molar-refractivity contribution in [3.8, 4) is 39.5 Å². The van der Waals surface area contributed by atoms with E-state index >= 15 is 0 Å². The fourth-order valence-corrected chi connectivity index (χ4v) is 16.1. The van der Waals surface area contributed by atoms with Crippen molar-refractivity contribution in [3.63, 3.8) is 0 Å². The van der Waals surface area contributed by atoms with Crippen LogP contribution in [0.3, 0.4) is 0 Å². The summed E-state index contributed by atoms with van der Waals surface area (Å²) in [6.07, 6.45) is 14.1. The van der Waals surface area contributed by atoms with Crippen molar-refractivity contribution in [2.45, 2.75) is 159 Å². The van der Waals surface area contributed by atoms with Crippen molar-refractivity contribution >= 4 is 168 Å². The van der Waals surface area contributed by atoms with E-state index in [9.17, 15) is 48.3 Å². The summed E-state index contributed by atoms with van der Waals surface area (Å²) < 4.78 is 52.3. The highest BCUT2D eigenvalue weighted by Crippen LogP contribution is 2.40. The second-order valence-electron chi connectivity index (χ2n) is 34.7. The molecule has 0 radical (unpaired) electrons. The molecule has 6 aromatic carbocycles. The largest absolute Gasteiger partial charge is 0.494 e.